The van der Waals surface area contributed by atoms with E-state index in [1.165, 1.54) is 16.7 Å². The number of hydrogen-bond acceptors (Lipinski definition) is 4. The minimum absolute atomic E-state index is 0. The van der Waals surface area contributed by atoms with Crippen molar-refractivity contribution in [1.82, 2.24) is 4.31 Å². The van der Waals surface area contributed by atoms with Crippen molar-refractivity contribution in [2.75, 3.05) is 31.9 Å². The summed E-state index contributed by atoms with van der Waals surface area (Å²) >= 11 is 1.82. The number of aryl methyl sites for hydroxylation is 2. The van der Waals surface area contributed by atoms with Gasteiger partial charge < -0.3 is 22.5 Å². The monoisotopic (exact) mass is 547 g/mol. The van der Waals surface area contributed by atoms with Crippen molar-refractivity contribution in [1.29, 1.82) is 0 Å². The molecular formula is C18H29N5OSW. The maximum Gasteiger partial charge on any atom is 2.00 e. The Labute approximate surface area is 175 Å². The molecule has 0 radical (unpaired) electrons. The van der Waals surface area contributed by atoms with Crippen LogP contribution in [0.1, 0.15) is 29.5 Å². The van der Waals surface area contributed by atoms with Crippen molar-refractivity contribution in [2.45, 2.75) is 38.6 Å². The molecule has 26 heavy (non-hydrogen) atoms. The van der Waals surface area contributed by atoms with Crippen LogP contribution in [-0.2, 0) is 32.3 Å². The summed E-state index contributed by atoms with van der Waals surface area (Å²) in [5, 5.41) is 4.42. The van der Waals surface area contributed by atoms with E-state index >= 15 is 0 Å². The molecule has 0 spiro atoms. The molecule has 0 atom stereocenters. The molecule has 0 bridgehead atoms. The summed E-state index contributed by atoms with van der Waals surface area (Å²) in [5.41, 5.74) is 22.7. The van der Waals surface area contributed by atoms with Gasteiger partial charge in [0, 0.05) is 18.8 Å². The fourth-order valence-electron chi connectivity index (χ4n) is 3.18. The molecule has 2 rings (SSSR count). The van der Waals surface area contributed by atoms with Gasteiger partial charge in [0.1, 0.15) is 0 Å². The molecule has 0 aliphatic carbocycles. The van der Waals surface area contributed by atoms with Gasteiger partial charge in [-0.05, 0) is 49.8 Å². The topological polar surface area (TPSA) is 110 Å². The van der Waals surface area contributed by atoms with E-state index in [2.05, 4.69) is 35.6 Å². The molecule has 0 saturated carbocycles. The van der Waals surface area contributed by atoms with Crippen LogP contribution in [0.5, 0.6) is 0 Å². The number of rotatable bonds is 8. The first-order valence-corrected chi connectivity index (χ1v) is 9.69. The summed E-state index contributed by atoms with van der Waals surface area (Å²) in [6.07, 6.45) is 2.25. The second-order valence-corrected chi connectivity index (χ2v) is 7.91. The van der Waals surface area contributed by atoms with Gasteiger partial charge in [-0.15, -0.1) is 5.69 Å². The Hall–Kier alpha value is -0.592. The zero-order chi connectivity index (χ0) is 18.4. The van der Waals surface area contributed by atoms with Crippen molar-refractivity contribution in [2.24, 2.45) is 11.5 Å². The third-order valence-electron chi connectivity index (χ3n) is 4.82. The molecule has 1 heterocycles. The molecule has 0 unspecified atom stereocenters. The van der Waals surface area contributed by atoms with E-state index < -0.39 is 5.54 Å². The minimum atomic E-state index is -0.831. The standard InChI is InChI=1S/C18H29N5OS.W/c1-13-11-15(22-7-6-19)12-14(2)16(13)3-10-25-23-8-4-18(21,5-9-23)17(20)24;/h11-12,19H,3-10,21H2,1-2H3,(H2,20,24);/q-2;+2. The van der Waals surface area contributed by atoms with E-state index in [-0.39, 0.29) is 27.0 Å². The van der Waals surface area contributed by atoms with Gasteiger partial charge in [-0.25, -0.2) is 0 Å². The summed E-state index contributed by atoms with van der Waals surface area (Å²) in [4.78, 5) is 11.4. The van der Waals surface area contributed by atoms with E-state index in [1.54, 1.807) is 0 Å². The Bertz CT molecular complexity index is 582. The molecule has 1 aliphatic rings. The van der Waals surface area contributed by atoms with Gasteiger partial charge in [0.15, 0.2) is 0 Å². The van der Waals surface area contributed by atoms with Crippen LogP contribution < -0.4 is 11.5 Å². The van der Waals surface area contributed by atoms with Crippen LogP contribution in [0, 0.1) is 13.8 Å². The molecule has 5 N–H and O–H groups in total. The predicted molar refractivity (Wildman–Crippen MR) is 106 cm³/mol. The van der Waals surface area contributed by atoms with E-state index in [4.69, 9.17) is 17.2 Å². The van der Waals surface area contributed by atoms with Crippen molar-refractivity contribution in [3.63, 3.8) is 0 Å². The molecule has 0 aromatic heterocycles. The van der Waals surface area contributed by atoms with E-state index in [1.807, 2.05) is 11.9 Å². The third-order valence-corrected chi connectivity index (χ3v) is 5.94. The van der Waals surface area contributed by atoms with Crippen LogP contribution in [0.25, 0.3) is 11.1 Å². The molecule has 1 aromatic rings. The fraction of sp³-hybridized carbons (Fsp3) is 0.611. The Morgan fingerprint density at radius 3 is 2.38 bits per heavy atom. The Balaban J connectivity index is 0.00000338. The molecule has 8 heteroatoms. The van der Waals surface area contributed by atoms with Crippen LogP contribution in [0.15, 0.2) is 12.1 Å². The van der Waals surface area contributed by atoms with Gasteiger partial charge in [0.05, 0.1) is 5.54 Å². The first-order valence-electron chi connectivity index (χ1n) is 8.74. The van der Waals surface area contributed by atoms with Crippen LogP contribution in [-0.4, -0.2) is 47.7 Å². The Morgan fingerprint density at radius 1 is 1.31 bits per heavy atom. The molecule has 144 valence electrons. The van der Waals surface area contributed by atoms with Crippen LogP contribution >= 0.6 is 11.9 Å². The SMILES string of the molecule is Cc1cc([N-]CC[NH-])cc(C)c1CCSN1CCC(N)(C(N)=O)CC1.[W+2]. The van der Waals surface area contributed by atoms with Gasteiger partial charge in [-0.2, -0.15) is 13.1 Å². The number of primary amides is 1. The quantitative estimate of drug-likeness (QED) is 0.488. The fourth-order valence-corrected chi connectivity index (χ4v) is 4.17. The van der Waals surface area contributed by atoms with Crippen molar-refractivity contribution >= 4 is 23.5 Å². The van der Waals surface area contributed by atoms with Gasteiger partial charge in [0.25, 0.3) is 0 Å². The van der Waals surface area contributed by atoms with Gasteiger partial charge >= 0.3 is 21.1 Å². The molecule has 1 aromatic carbocycles. The van der Waals surface area contributed by atoms with E-state index in [0.717, 1.165) is 31.0 Å². The zero-order valence-electron chi connectivity index (χ0n) is 15.6. The second-order valence-electron chi connectivity index (χ2n) is 6.72. The number of nitrogens with one attached hydrogen (secondary N) is 1. The van der Waals surface area contributed by atoms with E-state index in [0.29, 0.717) is 25.9 Å². The Kier molecular flexibility index (Phi) is 9.62. The number of hydrogen-bond donors (Lipinski definition) is 2. The first kappa shape index (κ1) is 23.4. The van der Waals surface area contributed by atoms with Gasteiger partial charge in [-0.3, -0.25) is 9.10 Å². The number of carbonyl (C=O) groups is 1. The van der Waals surface area contributed by atoms with Crippen LogP contribution in [0.4, 0.5) is 5.69 Å². The average Bonchev–Trinajstić information content (AvgIpc) is 2.57. The largest absolute Gasteiger partial charge is 2.00 e. The summed E-state index contributed by atoms with van der Waals surface area (Å²) in [5.74, 6) is 0.610. The summed E-state index contributed by atoms with van der Waals surface area (Å²) in [7, 11) is 0. The second kappa shape index (κ2) is 10.7. The van der Waals surface area contributed by atoms with Crippen molar-refractivity contribution in [3.8, 4) is 0 Å². The smallest absolute Gasteiger partial charge is 0.686 e. The summed E-state index contributed by atoms with van der Waals surface area (Å²) in [6.45, 7) is 6.73. The number of piperidine rings is 1. The molecule has 1 fully saturated rings. The molecule has 1 saturated heterocycles. The average molecular weight is 547 g/mol. The number of amides is 1. The number of nitrogens with two attached hydrogens (primary N) is 2. The Morgan fingerprint density at radius 2 is 1.88 bits per heavy atom. The van der Waals surface area contributed by atoms with Gasteiger partial charge in [-0.1, -0.05) is 24.1 Å². The summed E-state index contributed by atoms with van der Waals surface area (Å²) in [6, 6.07) is 4.22. The number of carbonyl (C=O) groups excluding carboxylic acids is 1. The first-order chi connectivity index (χ1) is 11.9. The van der Waals surface area contributed by atoms with Crippen LogP contribution in [0.3, 0.4) is 0 Å². The normalized spacial score (nSPS) is 16.8. The number of benzene rings is 1. The predicted octanol–water partition coefficient (Wildman–Crippen LogP) is 2.83. The zero-order valence-corrected chi connectivity index (χ0v) is 19.3. The maximum atomic E-state index is 11.4. The molecule has 1 amide bonds. The van der Waals surface area contributed by atoms with Crippen molar-refractivity contribution in [3.05, 3.63) is 39.9 Å². The van der Waals surface area contributed by atoms with E-state index in [9.17, 15) is 4.79 Å². The molecule has 1 aliphatic heterocycles. The summed E-state index contributed by atoms with van der Waals surface area (Å²) < 4.78 is 2.29. The van der Waals surface area contributed by atoms with Crippen molar-refractivity contribution < 1.29 is 25.9 Å². The van der Waals surface area contributed by atoms with Crippen LogP contribution in [0.2, 0.25) is 0 Å². The third kappa shape index (κ3) is 6.24. The molecule has 6 nitrogen and oxygen atoms in total. The molecular weight excluding hydrogens is 518 g/mol. The maximum absolute atomic E-state index is 11.4. The van der Waals surface area contributed by atoms with Gasteiger partial charge in [0.2, 0.25) is 5.91 Å². The minimum Gasteiger partial charge on any atom is -0.686 e. The number of nitrogens with zero attached hydrogens (tertiary/aromatic N) is 2.